The first-order valence-corrected chi connectivity index (χ1v) is 8.75. The fourth-order valence-corrected chi connectivity index (χ4v) is 3.80. The van der Waals surface area contributed by atoms with Crippen molar-refractivity contribution in [1.82, 2.24) is 24.5 Å². The quantitative estimate of drug-likeness (QED) is 0.828. The summed E-state index contributed by atoms with van der Waals surface area (Å²) in [5.41, 5.74) is 0. The van der Waals surface area contributed by atoms with Crippen LogP contribution >= 0.6 is 11.6 Å². The normalized spacial score (nSPS) is 23.3. The molecule has 2 atom stereocenters. The SMILES string of the molecule is CN(C)C(=O)N1C[C@H]2CC[C@@H](C1)N(C(=O)CCn1cc(Cl)cn1)C2. The molecule has 7 nitrogen and oxygen atoms in total. The van der Waals surface area contributed by atoms with Crippen LogP contribution in [0.2, 0.25) is 5.02 Å². The summed E-state index contributed by atoms with van der Waals surface area (Å²) in [5.74, 6) is 0.506. The minimum Gasteiger partial charge on any atom is -0.338 e. The summed E-state index contributed by atoms with van der Waals surface area (Å²) in [7, 11) is 3.54. The zero-order valence-corrected chi connectivity index (χ0v) is 14.9. The molecule has 1 aromatic rings. The molecule has 3 aliphatic heterocycles. The molecule has 3 saturated heterocycles. The first-order valence-electron chi connectivity index (χ1n) is 8.37. The van der Waals surface area contributed by atoms with E-state index >= 15 is 0 Å². The molecular formula is C16H24ClN5O2. The van der Waals surface area contributed by atoms with E-state index in [0.717, 1.165) is 25.9 Å². The van der Waals surface area contributed by atoms with Crippen LogP contribution in [0.15, 0.2) is 12.4 Å². The summed E-state index contributed by atoms with van der Waals surface area (Å²) in [5, 5.41) is 4.69. The van der Waals surface area contributed by atoms with Crippen LogP contribution in [0.25, 0.3) is 0 Å². The van der Waals surface area contributed by atoms with Gasteiger partial charge in [0.1, 0.15) is 0 Å². The summed E-state index contributed by atoms with van der Waals surface area (Å²) in [6.45, 7) is 2.65. The molecule has 1 aromatic heterocycles. The van der Waals surface area contributed by atoms with Crippen LogP contribution in [0.3, 0.4) is 0 Å². The highest BCUT2D eigenvalue weighted by Crippen LogP contribution is 2.29. The zero-order valence-electron chi connectivity index (χ0n) is 14.2. The number of nitrogens with zero attached hydrogens (tertiary/aromatic N) is 5. The van der Waals surface area contributed by atoms with Crippen molar-refractivity contribution < 1.29 is 9.59 Å². The Morgan fingerprint density at radius 3 is 2.75 bits per heavy atom. The summed E-state index contributed by atoms with van der Waals surface area (Å²) in [4.78, 5) is 30.4. The Balaban J connectivity index is 1.62. The van der Waals surface area contributed by atoms with E-state index in [1.807, 2.05) is 9.80 Å². The first-order chi connectivity index (χ1) is 11.4. The Kier molecular flexibility index (Phi) is 4.99. The summed E-state index contributed by atoms with van der Waals surface area (Å²) < 4.78 is 1.69. The standard InChI is InChI=1S/C16H24ClN5O2/c1-19(2)16(24)20-8-12-3-4-14(11-20)22(9-12)15(23)5-6-21-10-13(17)7-18-21/h7,10,12,14H,3-6,8-9,11H2,1-2H3/t12-,14+/m1/s1. The number of hydrogen-bond donors (Lipinski definition) is 0. The van der Waals surface area contributed by atoms with E-state index in [1.165, 1.54) is 0 Å². The van der Waals surface area contributed by atoms with Gasteiger partial charge in [-0.05, 0) is 18.8 Å². The lowest BCUT2D eigenvalue weighted by atomic mass is 9.95. The molecule has 0 unspecified atom stereocenters. The Labute approximate surface area is 147 Å². The topological polar surface area (TPSA) is 61.7 Å². The Bertz CT molecular complexity index is 617. The molecule has 2 bridgehead atoms. The number of urea groups is 1. The molecule has 8 heteroatoms. The highest BCUT2D eigenvalue weighted by molar-refractivity contribution is 6.30. The lowest BCUT2D eigenvalue weighted by Gasteiger charge is -2.36. The summed E-state index contributed by atoms with van der Waals surface area (Å²) in [6.07, 6.45) is 5.76. The van der Waals surface area contributed by atoms with Gasteiger partial charge in [0.05, 0.1) is 11.2 Å². The van der Waals surface area contributed by atoms with Gasteiger partial charge in [0.25, 0.3) is 0 Å². The van der Waals surface area contributed by atoms with Gasteiger partial charge < -0.3 is 14.7 Å². The van der Waals surface area contributed by atoms with Gasteiger partial charge >= 0.3 is 6.03 Å². The Morgan fingerprint density at radius 1 is 1.29 bits per heavy atom. The fourth-order valence-electron chi connectivity index (χ4n) is 3.64. The molecule has 24 heavy (non-hydrogen) atoms. The van der Waals surface area contributed by atoms with E-state index < -0.39 is 0 Å². The van der Waals surface area contributed by atoms with Crippen molar-refractivity contribution >= 4 is 23.5 Å². The molecule has 0 aromatic carbocycles. The number of amides is 3. The fraction of sp³-hybridized carbons (Fsp3) is 0.688. The molecule has 132 valence electrons. The van der Waals surface area contributed by atoms with Crippen molar-refractivity contribution in [2.24, 2.45) is 5.92 Å². The number of carbonyl (C=O) groups is 2. The van der Waals surface area contributed by atoms with Crippen molar-refractivity contribution in [3.63, 3.8) is 0 Å². The monoisotopic (exact) mass is 353 g/mol. The van der Waals surface area contributed by atoms with Crippen LogP contribution in [0.5, 0.6) is 0 Å². The predicted octanol–water partition coefficient (Wildman–Crippen LogP) is 1.53. The zero-order chi connectivity index (χ0) is 17.3. The van der Waals surface area contributed by atoms with Gasteiger partial charge in [-0.3, -0.25) is 9.48 Å². The molecule has 4 heterocycles. The van der Waals surface area contributed by atoms with E-state index in [2.05, 4.69) is 5.10 Å². The van der Waals surface area contributed by atoms with Crippen molar-refractivity contribution in [3.8, 4) is 0 Å². The van der Waals surface area contributed by atoms with Gasteiger partial charge in [-0.1, -0.05) is 11.6 Å². The lowest BCUT2D eigenvalue weighted by molar-refractivity contribution is -0.135. The third-order valence-corrected chi connectivity index (χ3v) is 5.04. The first kappa shape index (κ1) is 17.1. The minimum atomic E-state index is 0.0346. The highest BCUT2D eigenvalue weighted by Gasteiger charge is 2.38. The van der Waals surface area contributed by atoms with Gasteiger partial charge in [0.15, 0.2) is 0 Å². The average Bonchev–Trinajstić information content (AvgIpc) is 2.77. The van der Waals surface area contributed by atoms with Crippen LogP contribution < -0.4 is 0 Å². The second-order valence-corrected chi connectivity index (χ2v) is 7.33. The van der Waals surface area contributed by atoms with Crippen molar-refractivity contribution in [2.45, 2.75) is 31.8 Å². The van der Waals surface area contributed by atoms with Gasteiger partial charge in [-0.15, -0.1) is 0 Å². The van der Waals surface area contributed by atoms with Crippen LogP contribution in [-0.2, 0) is 11.3 Å². The maximum absolute atomic E-state index is 12.7. The number of hydrogen-bond acceptors (Lipinski definition) is 3. The number of halogens is 1. The second-order valence-electron chi connectivity index (χ2n) is 6.90. The van der Waals surface area contributed by atoms with E-state index in [4.69, 9.17) is 11.6 Å². The van der Waals surface area contributed by atoms with Crippen molar-refractivity contribution in [3.05, 3.63) is 17.4 Å². The van der Waals surface area contributed by atoms with E-state index in [9.17, 15) is 9.59 Å². The third-order valence-electron chi connectivity index (χ3n) is 4.84. The number of piperidine rings is 1. The average molecular weight is 354 g/mol. The molecular weight excluding hydrogens is 330 g/mol. The second kappa shape index (κ2) is 7.01. The van der Waals surface area contributed by atoms with E-state index in [1.54, 1.807) is 36.1 Å². The lowest BCUT2D eigenvalue weighted by Crippen LogP contribution is -2.48. The Hall–Kier alpha value is -1.76. The molecule has 0 spiro atoms. The van der Waals surface area contributed by atoms with Gasteiger partial charge in [-0.25, -0.2) is 4.79 Å². The molecule has 3 aliphatic rings. The molecule has 0 aliphatic carbocycles. The largest absolute Gasteiger partial charge is 0.338 e. The maximum Gasteiger partial charge on any atom is 0.319 e. The smallest absolute Gasteiger partial charge is 0.319 e. The predicted molar refractivity (Wildman–Crippen MR) is 90.7 cm³/mol. The molecule has 3 amide bonds. The number of aromatic nitrogens is 2. The van der Waals surface area contributed by atoms with Crippen LogP contribution in [-0.4, -0.2) is 76.2 Å². The molecule has 3 fully saturated rings. The molecule has 0 radical (unpaired) electrons. The van der Waals surface area contributed by atoms with Crippen molar-refractivity contribution in [1.29, 1.82) is 0 Å². The highest BCUT2D eigenvalue weighted by atomic mass is 35.5. The van der Waals surface area contributed by atoms with Gasteiger partial charge in [-0.2, -0.15) is 5.10 Å². The van der Waals surface area contributed by atoms with E-state index in [0.29, 0.717) is 30.5 Å². The summed E-state index contributed by atoms with van der Waals surface area (Å²) >= 11 is 5.85. The molecule has 0 N–H and O–H groups in total. The molecule has 0 saturated carbocycles. The van der Waals surface area contributed by atoms with Crippen molar-refractivity contribution in [2.75, 3.05) is 33.7 Å². The van der Waals surface area contributed by atoms with Crippen LogP contribution in [0, 0.1) is 5.92 Å². The van der Waals surface area contributed by atoms with Crippen LogP contribution in [0.1, 0.15) is 19.3 Å². The van der Waals surface area contributed by atoms with Gasteiger partial charge in [0, 0.05) is 58.9 Å². The minimum absolute atomic E-state index is 0.0346. The van der Waals surface area contributed by atoms with E-state index in [-0.39, 0.29) is 18.0 Å². The number of fused-ring (bicyclic) bond motifs is 4. The summed E-state index contributed by atoms with van der Waals surface area (Å²) in [6, 6.07) is 0.161. The Morgan fingerprint density at radius 2 is 2.08 bits per heavy atom. The third kappa shape index (κ3) is 3.66. The number of carbonyl (C=O) groups excluding carboxylic acids is 2. The number of aryl methyl sites for hydroxylation is 1. The molecule has 4 rings (SSSR count). The van der Waals surface area contributed by atoms with Crippen LogP contribution in [0.4, 0.5) is 4.79 Å². The number of rotatable bonds is 3. The maximum atomic E-state index is 12.7. The van der Waals surface area contributed by atoms with Gasteiger partial charge in [0.2, 0.25) is 5.91 Å².